The van der Waals surface area contributed by atoms with Gasteiger partial charge in [0.1, 0.15) is 0 Å². The maximum Gasteiger partial charge on any atom is 0.0571 e. The van der Waals surface area contributed by atoms with E-state index in [-0.39, 0.29) is 5.54 Å². The highest BCUT2D eigenvalue weighted by Gasteiger charge is 2.42. The first-order chi connectivity index (χ1) is 5.37. The van der Waals surface area contributed by atoms with Crippen molar-refractivity contribution in [3.8, 4) is 0 Å². The minimum atomic E-state index is 0.112. The van der Waals surface area contributed by atoms with E-state index < -0.39 is 0 Å². The second kappa shape index (κ2) is 2.32. The average molecular weight is 148 g/mol. The molecule has 0 unspecified atom stereocenters. The summed E-state index contributed by atoms with van der Waals surface area (Å²) in [5, 5.41) is 0. The Kier molecular flexibility index (Phi) is 1.44. The molecule has 0 aliphatic heterocycles. The SMILES string of the molecule is NNC1(c2ccccc2)CC1. The van der Waals surface area contributed by atoms with E-state index in [1.807, 2.05) is 18.2 Å². The molecule has 2 heteroatoms. The molecule has 58 valence electrons. The van der Waals surface area contributed by atoms with Crippen LogP contribution < -0.4 is 11.3 Å². The van der Waals surface area contributed by atoms with Gasteiger partial charge in [0.15, 0.2) is 0 Å². The first-order valence-corrected chi connectivity index (χ1v) is 3.91. The molecule has 1 aromatic carbocycles. The first-order valence-electron chi connectivity index (χ1n) is 3.91. The van der Waals surface area contributed by atoms with Gasteiger partial charge in [-0.2, -0.15) is 0 Å². The van der Waals surface area contributed by atoms with Crippen LogP contribution in [0.2, 0.25) is 0 Å². The third-order valence-corrected chi connectivity index (χ3v) is 2.35. The van der Waals surface area contributed by atoms with Crippen LogP contribution in [0.3, 0.4) is 0 Å². The van der Waals surface area contributed by atoms with Gasteiger partial charge in [0.05, 0.1) is 5.54 Å². The Labute approximate surface area is 66.4 Å². The summed E-state index contributed by atoms with van der Waals surface area (Å²) in [4.78, 5) is 0. The molecule has 0 spiro atoms. The topological polar surface area (TPSA) is 38.0 Å². The lowest BCUT2D eigenvalue weighted by Gasteiger charge is -2.12. The van der Waals surface area contributed by atoms with Gasteiger partial charge >= 0.3 is 0 Å². The molecule has 0 bridgehead atoms. The van der Waals surface area contributed by atoms with Crippen molar-refractivity contribution in [1.29, 1.82) is 0 Å². The van der Waals surface area contributed by atoms with Gasteiger partial charge in [-0.1, -0.05) is 30.3 Å². The molecule has 1 aliphatic carbocycles. The van der Waals surface area contributed by atoms with E-state index in [1.165, 1.54) is 5.56 Å². The van der Waals surface area contributed by atoms with Gasteiger partial charge in [0.25, 0.3) is 0 Å². The second-order valence-corrected chi connectivity index (χ2v) is 3.09. The van der Waals surface area contributed by atoms with E-state index in [0.717, 1.165) is 12.8 Å². The standard InChI is InChI=1S/C9H12N2/c10-11-9(6-7-9)8-4-2-1-3-5-8/h1-5,11H,6-7,10H2. The molecule has 1 aliphatic rings. The van der Waals surface area contributed by atoms with Gasteiger partial charge in [-0.15, -0.1) is 0 Å². The van der Waals surface area contributed by atoms with Crippen molar-refractivity contribution in [2.75, 3.05) is 0 Å². The Morgan fingerprint density at radius 2 is 1.82 bits per heavy atom. The maximum atomic E-state index is 5.45. The molecule has 1 saturated carbocycles. The molecule has 0 radical (unpaired) electrons. The number of benzene rings is 1. The fourth-order valence-electron chi connectivity index (χ4n) is 1.40. The molecule has 1 aromatic rings. The van der Waals surface area contributed by atoms with Crippen LogP contribution in [0.5, 0.6) is 0 Å². The van der Waals surface area contributed by atoms with Crippen LogP contribution >= 0.6 is 0 Å². The molecular formula is C9H12N2. The fourth-order valence-corrected chi connectivity index (χ4v) is 1.40. The maximum absolute atomic E-state index is 5.45. The van der Waals surface area contributed by atoms with Crippen LogP contribution in [0.1, 0.15) is 18.4 Å². The number of hydrogen-bond donors (Lipinski definition) is 2. The van der Waals surface area contributed by atoms with Gasteiger partial charge in [-0.05, 0) is 18.4 Å². The Hall–Kier alpha value is -0.860. The first kappa shape index (κ1) is 6.83. The average Bonchev–Trinajstić information content (AvgIpc) is 2.86. The highest BCUT2D eigenvalue weighted by molar-refractivity contribution is 5.29. The molecule has 0 aromatic heterocycles. The Morgan fingerprint density at radius 3 is 2.27 bits per heavy atom. The summed E-state index contributed by atoms with van der Waals surface area (Å²) in [6.07, 6.45) is 2.32. The summed E-state index contributed by atoms with van der Waals surface area (Å²) in [7, 11) is 0. The predicted octanol–water partition coefficient (Wildman–Crippen LogP) is 1.14. The third kappa shape index (κ3) is 1.04. The van der Waals surface area contributed by atoms with Crippen LogP contribution in [0, 0.1) is 0 Å². The Bertz CT molecular complexity index is 239. The van der Waals surface area contributed by atoms with Crippen molar-refractivity contribution in [2.24, 2.45) is 5.84 Å². The van der Waals surface area contributed by atoms with E-state index in [1.54, 1.807) is 0 Å². The number of rotatable bonds is 2. The molecule has 0 amide bonds. The number of hydrogen-bond acceptors (Lipinski definition) is 2. The quantitative estimate of drug-likeness (QED) is 0.487. The van der Waals surface area contributed by atoms with Crippen molar-refractivity contribution in [3.63, 3.8) is 0 Å². The molecule has 0 saturated heterocycles. The number of nitrogens with two attached hydrogens (primary N) is 1. The van der Waals surface area contributed by atoms with E-state index in [9.17, 15) is 0 Å². The van der Waals surface area contributed by atoms with E-state index in [4.69, 9.17) is 5.84 Å². The van der Waals surface area contributed by atoms with Gasteiger partial charge in [0.2, 0.25) is 0 Å². The summed E-state index contributed by atoms with van der Waals surface area (Å²) in [5.74, 6) is 5.45. The van der Waals surface area contributed by atoms with E-state index >= 15 is 0 Å². The van der Waals surface area contributed by atoms with Crippen molar-refractivity contribution in [3.05, 3.63) is 35.9 Å². The molecule has 0 atom stereocenters. The highest BCUT2D eigenvalue weighted by atomic mass is 15.3. The number of hydrazine groups is 1. The highest BCUT2D eigenvalue weighted by Crippen LogP contribution is 2.44. The minimum Gasteiger partial charge on any atom is -0.271 e. The third-order valence-electron chi connectivity index (χ3n) is 2.35. The van der Waals surface area contributed by atoms with Crippen LogP contribution in [0.4, 0.5) is 0 Å². The lowest BCUT2D eigenvalue weighted by atomic mass is 10.1. The fraction of sp³-hybridized carbons (Fsp3) is 0.333. The summed E-state index contributed by atoms with van der Waals surface area (Å²) >= 11 is 0. The largest absolute Gasteiger partial charge is 0.271 e. The molecule has 2 nitrogen and oxygen atoms in total. The summed E-state index contributed by atoms with van der Waals surface area (Å²) in [5.41, 5.74) is 4.29. The van der Waals surface area contributed by atoms with Gasteiger partial charge in [0, 0.05) is 0 Å². The van der Waals surface area contributed by atoms with Gasteiger partial charge < -0.3 is 0 Å². The van der Waals surface area contributed by atoms with Crippen LogP contribution in [0.15, 0.2) is 30.3 Å². The van der Waals surface area contributed by atoms with Crippen molar-refractivity contribution < 1.29 is 0 Å². The molecule has 0 heterocycles. The van der Waals surface area contributed by atoms with Crippen molar-refractivity contribution in [1.82, 2.24) is 5.43 Å². The molecule has 2 rings (SSSR count). The molecular weight excluding hydrogens is 136 g/mol. The van der Waals surface area contributed by atoms with E-state index in [0.29, 0.717) is 0 Å². The molecule has 11 heavy (non-hydrogen) atoms. The minimum absolute atomic E-state index is 0.112. The summed E-state index contributed by atoms with van der Waals surface area (Å²) in [6, 6.07) is 10.4. The zero-order valence-electron chi connectivity index (χ0n) is 6.38. The van der Waals surface area contributed by atoms with Crippen LogP contribution in [-0.4, -0.2) is 0 Å². The monoisotopic (exact) mass is 148 g/mol. The predicted molar refractivity (Wildman–Crippen MR) is 44.7 cm³/mol. The zero-order chi connectivity index (χ0) is 7.73. The summed E-state index contributed by atoms with van der Waals surface area (Å²) < 4.78 is 0. The molecule has 3 N–H and O–H groups in total. The van der Waals surface area contributed by atoms with Crippen molar-refractivity contribution >= 4 is 0 Å². The molecule has 1 fully saturated rings. The van der Waals surface area contributed by atoms with Crippen LogP contribution in [-0.2, 0) is 5.54 Å². The lowest BCUT2D eigenvalue weighted by molar-refractivity contribution is 0.541. The normalized spacial score (nSPS) is 19.7. The number of nitrogens with one attached hydrogen (secondary N) is 1. The lowest BCUT2D eigenvalue weighted by Crippen LogP contribution is -2.34. The Morgan fingerprint density at radius 1 is 1.18 bits per heavy atom. The zero-order valence-corrected chi connectivity index (χ0v) is 6.38. The Balaban J connectivity index is 2.30. The smallest absolute Gasteiger partial charge is 0.0571 e. The second-order valence-electron chi connectivity index (χ2n) is 3.09. The van der Waals surface area contributed by atoms with Gasteiger partial charge in [-0.25, -0.2) is 5.43 Å². The van der Waals surface area contributed by atoms with Crippen LogP contribution in [0.25, 0.3) is 0 Å². The van der Waals surface area contributed by atoms with Crippen molar-refractivity contribution in [2.45, 2.75) is 18.4 Å². The summed E-state index contributed by atoms with van der Waals surface area (Å²) in [6.45, 7) is 0. The van der Waals surface area contributed by atoms with Gasteiger partial charge in [-0.3, -0.25) is 5.84 Å². The van der Waals surface area contributed by atoms with E-state index in [2.05, 4.69) is 17.6 Å².